The monoisotopic (exact) mass is 298 g/mol. The number of anilines is 1. The average Bonchev–Trinajstić information content (AvgIpc) is 2.47. The van der Waals surface area contributed by atoms with Gasteiger partial charge in [0.15, 0.2) is 11.6 Å². The van der Waals surface area contributed by atoms with Gasteiger partial charge in [-0.1, -0.05) is 39.0 Å². The molecule has 0 saturated carbocycles. The molecule has 118 valence electrons. The SMILES string of the molecule is CCCCCCCCNc1cc(OC)c([N+](=O)[O-])cc1F. The van der Waals surface area contributed by atoms with E-state index in [4.69, 9.17) is 4.74 Å². The van der Waals surface area contributed by atoms with Crippen LogP contribution in [0.5, 0.6) is 5.75 Å². The van der Waals surface area contributed by atoms with E-state index >= 15 is 0 Å². The number of nitrogens with one attached hydrogen (secondary N) is 1. The van der Waals surface area contributed by atoms with Gasteiger partial charge in [-0.2, -0.15) is 0 Å². The molecule has 0 aliphatic rings. The zero-order chi connectivity index (χ0) is 15.7. The van der Waals surface area contributed by atoms with Gasteiger partial charge in [0.1, 0.15) is 0 Å². The van der Waals surface area contributed by atoms with E-state index in [0.29, 0.717) is 6.54 Å². The molecule has 0 radical (unpaired) electrons. The van der Waals surface area contributed by atoms with Crippen molar-refractivity contribution < 1.29 is 14.1 Å². The van der Waals surface area contributed by atoms with E-state index in [1.165, 1.54) is 38.9 Å². The second-order valence-electron chi connectivity index (χ2n) is 4.96. The number of nitrogens with zero attached hydrogens (tertiary/aromatic N) is 1. The van der Waals surface area contributed by atoms with Crippen molar-refractivity contribution in [2.24, 2.45) is 0 Å². The van der Waals surface area contributed by atoms with Crippen LogP contribution < -0.4 is 10.1 Å². The van der Waals surface area contributed by atoms with E-state index in [9.17, 15) is 14.5 Å². The minimum absolute atomic E-state index is 0.0619. The van der Waals surface area contributed by atoms with E-state index in [1.807, 2.05) is 0 Å². The first kappa shape index (κ1) is 17.2. The second-order valence-corrected chi connectivity index (χ2v) is 4.96. The number of hydrogen-bond donors (Lipinski definition) is 1. The quantitative estimate of drug-likeness (QED) is 0.392. The molecule has 0 unspecified atom stereocenters. The van der Waals surface area contributed by atoms with Crippen LogP contribution in [-0.2, 0) is 0 Å². The third-order valence-electron chi connectivity index (χ3n) is 3.31. The van der Waals surface area contributed by atoms with E-state index in [2.05, 4.69) is 12.2 Å². The standard InChI is InChI=1S/C15H23FN2O3/c1-3-4-5-6-7-8-9-17-13-11-15(21-2)14(18(19)20)10-12(13)16/h10-11,17H,3-9H2,1-2H3. The fourth-order valence-corrected chi connectivity index (χ4v) is 2.11. The number of nitro benzene ring substituents is 1. The van der Waals surface area contributed by atoms with Crippen LogP contribution in [0.4, 0.5) is 15.8 Å². The highest BCUT2D eigenvalue weighted by Crippen LogP contribution is 2.32. The number of halogens is 1. The maximum atomic E-state index is 13.8. The third kappa shape index (κ3) is 5.57. The summed E-state index contributed by atoms with van der Waals surface area (Å²) < 4.78 is 18.7. The first-order valence-corrected chi connectivity index (χ1v) is 7.36. The summed E-state index contributed by atoms with van der Waals surface area (Å²) in [6.45, 7) is 2.82. The fourth-order valence-electron chi connectivity index (χ4n) is 2.11. The molecule has 0 atom stereocenters. The highest BCUT2D eigenvalue weighted by atomic mass is 19.1. The minimum Gasteiger partial charge on any atom is -0.490 e. The number of methoxy groups -OCH3 is 1. The van der Waals surface area contributed by atoms with Crippen molar-refractivity contribution in [3.8, 4) is 5.75 Å². The summed E-state index contributed by atoms with van der Waals surface area (Å²) in [5.41, 5.74) is -0.119. The molecule has 1 aromatic rings. The fraction of sp³-hybridized carbons (Fsp3) is 0.600. The van der Waals surface area contributed by atoms with Crippen LogP contribution in [0.25, 0.3) is 0 Å². The molecule has 5 nitrogen and oxygen atoms in total. The van der Waals surface area contributed by atoms with E-state index in [0.717, 1.165) is 18.9 Å². The number of rotatable bonds is 10. The summed E-state index contributed by atoms with van der Waals surface area (Å²) in [4.78, 5) is 10.1. The van der Waals surface area contributed by atoms with Crippen LogP contribution in [0.2, 0.25) is 0 Å². The molecule has 0 aromatic heterocycles. The first-order chi connectivity index (χ1) is 10.1. The molecule has 1 N–H and O–H groups in total. The summed E-state index contributed by atoms with van der Waals surface area (Å²) >= 11 is 0. The molecule has 0 spiro atoms. The van der Waals surface area contributed by atoms with Gasteiger partial charge in [0, 0.05) is 12.6 Å². The maximum absolute atomic E-state index is 13.8. The Bertz CT molecular complexity index is 466. The van der Waals surface area contributed by atoms with Crippen LogP contribution >= 0.6 is 0 Å². The normalized spacial score (nSPS) is 10.4. The zero-order valence-corrected chi connectivity index (χ0v) is 12.7. The topological polar surface area (TPSA) is 64.4 Å². The summed E-state index contributed by atoms with van der Waals surface area (Å²) in [6.07, 6.45) is 6.92. The van der Waals surface area contributed by atoms with Crippen molar-refractivity contribution in [2.45, 2.75) is 45.4 Å². The Kier molecular flexibility index (Phi) is 7.50. The lowest BCUT2D eigenvalue weighted by Gasteiger charge is -2.09. The predicted molar refractivity (Wildman–Crippen MR) is 81.5 cm³/mol. The molecule has 1 aromatic carbocycles. The largest absolute Gasteiger partial charge is 0.490 e. The van der Waals surface area contributed by atoms with Crippen LogP contribution in [0.15, 0.2) is 12.1 Å². The first-order valence-electron chi connectivity index (χ1n) is 7.36. The Hall–Kier alpha value is -1.85. The molecule has 0 heterocycles. The van der Waals surface area contributed by atoms with E-state index < -0.39 is 10.7 Å². The zero-order valence-electron chi connectivity index (χ0n) is 12.7. The smallest absolute Gasteiger partial charge is 0.313 e. The Morgan fingerprint density at radius 3 is 2.52 bits per heavy atom. The van der Waals surface area contributed by atoms with Gasteiger partial charge in [-0.3, -0.25) is 10.1 Å². The van der Waals surface area contributed by atoms with E-state index in [1.54, 1.807) is 0 Å². The van der Waals surface area contributed by atoms with Crippen molar-refractivity contribution >= 4 is 11.4 Å². The molecule has 0 fully saturated rings. The molecule has 0 bridgehead atoms. The lowest BCUT2D eigenvalue weighted by Crippen LogP contribution is -2.05. The molecular weight excluding hydrogens is 275 g/mol. The Balaban J connectivity index is 2.50. The third-order valence-corrected chi connectivity index (χ3v) is 3.31. The summed E-state index contributed by atoms with van der Waals surface area (Å²) in [5.74, 6) is -0.569. The van der Waals surface area contributed by atoms with Gasteiger partial charge in [0.05, 0.1) is 23.8 Å². The summed E-state index contributed by atoms with van der Waals surface area (Å²) in [7, 11) is 1.33. The number of unbranched alkanes of at least 4 members (excludes halogenated alkanes) is 5. The van der Waals surface area contributed by atoms with Crippen LogP contribution in [0.1, 0.15) is 45.4 Å². The minimum atomic E-state index is -0.653. The molecule has 0 aliphatic heterocycles. The Morgan fingerprint density at radius 2 is 1.90 bits per heavy atom. The maximum Gasteiger partial charge on any atom is 0.313 e. The molecule has 0 saturated heterocycles. The van der Waals surface area contributed by atoms with Crippen LogP contribution in [0, 0.1) is 15.9 Å². The van der Waals surface area contributed by atoms with E-state index in [-0.39, 0.29) is 17.1 Å². The summed E-state index contributed by atoms with van der Waals surface area (Å²) in [5, 5.41) is 13.7. The van der Waals surface area contributed by atoms with Crippen LogP contribution in [0.3, 0.4) is 0 Å². The molecule has 0 amide bonds. The summed E-state index contributed by atoms with van der Waals surface area (Å²) in [6, 6.07) is 2.23. The number of ether oxygens (including phenoxy) is 1. The number of hydrogen-bond acceptors (Lipinski definition) is 4. The molecule has 0 aliphatic carbocycles. The predicted octanol–water partition coefficient (Wildman–Crippen LogP) is 4.51. The van der Waals surface area contributed by atoms with Crippen molar-refractivity contribution in [3.63, 3.8) is 0 Å². The molecular formula is C15H23FN2O3. The van der Waals surface area contributed by atoms with Gasteiger partial charge in [0.2, 0.25) is 0 Å². The van der Waals surface area contributed by atoms with Crippen molar-refractivity contribution in [3.05, 3.63) is 28.1 Å². The van der Waals surface area contributed by atoms with Gasteiger partial charge < -0.3 is 10.1 Å². The molecule has 21 heavy (non-hydrogen) atoms. The second kappa shape index (κ2) is 9.15. The number of benzene rings is 1. The number of nitro groups is 1. The molecule has 1 rings (SSSR count). The lowest BCUT2D eigenvalue weighted by atomic mass is 10.1. The van der Waals surface area contributed by atoms with Crippen molar-refractivity contribution in [1.82, 2.24) is 0 Å². The Labute approximate surface area is 124 Å². The van der Waals surface area contributed by atoms with Crippen molar-refractivity contribution in [2.75, 3.05) is 19.0 Å². The Morgan fingerprint density at radius 1 is 1.24 bits per heavy atom. The molecule has 6 heteroatoms. The van der Waals surface area contributed by atoms with Gasteiger partial charge in [-0.05, 0) is 6.42 Å². The highest BCUT2D eigenvalue weighted by Gasteiger charge is 2.18. The lowest BCUT2D eigenvalue weighted by molar-refractivity contribution is -0.385. The van der Waals surface area contributed by atoms with Crippen LogP contribution in [-0.4, -0.2) is 18.6 Å². The van der Waals surface area contributed by atoms with Gasteiger partial charge in [0.25, 0.3) is 0 Å². The van der Waals surface area contributed by atoms with Gasteiger partial charge >= 0.3 is 5.69 Å². The van der Waals surface area contributed by atoms with Gasteiger partial charge in [-0.15, -0.1) is 0 Å². The van der Waals surface area contributed by atoms with Crippen molar-refractivity contribution in [1.29, 1.82) is 0 Å². The highest BCUT2D eigenvalue weighted by molar-refractivity contribution is 5.59. The average molecular weight is 298 g/mol. The van der Waals surface area contributed by atoms with Gasteiger partial charge in [-0.25, -0.2) is 4.39 Å².